The molecule has 16 heavy (non-hydrogen) atoms. The molecule has 1 aromatic heterocycles. The van der Waals surface area contributed by atoms with Crippen LogP contribution in [0.1, 0.15) is 11.1 Å². The van der Waals surface area contributed by atoms with Gasteiger partial charge in [-0.1, -0.05) is 0 Å². The Labute approximate surface area is 113 Å². The first-order chi connectivity index (χ1) is 7.66. The van der Waals surface area contributed by atoms with E-state index < -0.39 is 0 Å². The molecule has 0 spiro atoms. The second kappa shape index (κ2) is 5.05. The van der Waals surface area contributed by atoms with Gasteiger partial charge in [-0.3, -0.25) is 0 Å². The fraction of sp³-hybridized carbons (Fsp3) is 0.167. The van der Waals surface area contributed by atoms with Gasteiger partial charge in [0, 0.05) is 21.5 Å². The minimum absolute atomic E-state index is 0.807. The van der Waals surface area contributed by atoms with Crippen molar-refractivity contribution in [3.05, 3.63) is 43.7 Å². The first-order valence-electron chi connectivity index (χ1n) is 4.97. The number of aryl methyl sites for hydroxylation is 1. The van der Waals surface area contributed by atoms with Crippen LogP contribution in [0.15, 0.2) is 29.0 Å². The molecular formula is C12H13IN2S. The Morgan fingerprint density at radius 1 is 1.38 bits per heavy atom. The Balaban J connectivity index is 2.08. The van der Waals surface area contributed by atoms with Gasteiger partial charge in [-0.05, 0) is 69.6 Å². The molecule has 2 nitrogen and oxygen atoms in total. The van der Waals surface area contributed by atoms with Crippen LogP contribution in [0, 0.1) is 10.5 Å². The minimum atomic E-state index is 0.807. The Bertz CT molecular complexity index is 494. The molecular weight excluding hydrogens is 331 g/mol. The smallest absolute Gasteiger partial charge is 0.0480 e. The summed E-state index contributed by atoms with van der Waals surface area (Å²) in [5.74, 6) is 0. The maximum absolute atomic E-state index is 5.71. The molecule has 84 valence electrons. The molecule has 0 unspecified atom stereocenters. The van der Waals surface area contributed by atoms with E-state index in [-0.39, 0.29) is 0 Å². The standard InChI is InChI=1S/C12H13IN2S/c1-8-6-16-7-9(8)5-15-12-3-2-10(14)4-11(12)13/h2-4,6-7,15H,5,14H2,1H3. The number of hydrogen-bond acceptors (Lipinski definition) is 3. The monoisotopic (exact) mass is 344 g/mol. The van der Waals surface area contributed by atoms with Gasteiger partial charge in [0.1, 0.15) is 0 Å². The minimum Gasteiger partial charge on any atom is -0.399 e. The van der Waals surface area contributed by atoms with Crippen molar-refractivity contribution in [3.63, 3.8) is 0 Å². The van der Waals surface area contributed by atoms with Crippen molar-refractivity contribution in [1.29, 1.82) is 0 Å². The summed E-state index contributed by atoms with van der Waals surface area (Å²) in [6.07, 6.45) is 0. The Hall–Kier alpha value is -0.750. The van der Waals surface area contributed by atoms with E-state index >= 15 is 0 Å². The predicted octanol–water partition coefficient (Wildman–Crippen LogP) is 3.86. The van der Waals surface area contributed by atoms with Crippen LogP contribution in [-0.4, -0.2) is 0 Å². The van der Waals surface area contributed by atoms with Crippen molar-refractivity contribution in [1.82, 2.24) is 0 Å². The number of hydrogen-bond donors (Lipinski definition) is 2. The molecule has 1 aromatic carbocycles. The summed E-state index contributed by atoms with van der Waals surface area (Å²) >= 11 is 4.04. The number of nitrogens with one attached hydrogen (secondary N) is 1. The quantitative estimate of drug-likeness (QED) is 0.656. The SMILES string of the molecule is Cc1cscc1CNc1ccc(N)cc1I. The highest BCUT2D eigenvalue weighted by Crippen LogP contribution is 2.22. The number of halogens is 1. The number of rotatable bonds is 3. The summed E-state index contributed by atoms with van der Waals surface area (Å²) in [5.41, 5.74) is 10.4. The molecule has 3 N–H and O–H groups in total. The van der Waals surface area contributed by atoms with Crippen LogP contribution in [0.25, 0.3) is 0 Å². The second-order valence-electron chi connectivity index (χ2n) is 3.67. The Morgan fingerprint density at radius 2 is 2.19 bits per heavy atom. The van der Waals surface area contributed by atoms with Gasteiger partial charge in [-0.2, -0.15) is 11.3 Å². The normalized spacial score (nSPS) is 10.4. The van der Waals surface area contributed by atoms with Gasteiger partial charge in [0.2, 0.25) is 0 Å². The molecule has 0 aliphatic rings. The van der Waals surface area contributed by atoms with Crippen LogP contribution in [-0.2, 0) is 6.54 Å². The van der Waals surface area contributed by atoms with Gasteiger partial charge in [-0.15, -0.1) is 0 Å². The highest BCUT2D eigenvalue weighted by atomic mass is 127. The first kappa shape index (κ1) is 11.7. The highest BCUT2D eigenvalue weighted by Gasteiger charge is 2.02. The lowest BCUT2D eigenvalue weighted by Crippen LogP contribution is -2.01. The van der Waals surface area contributed by atoms with E-state index in [2.05, 4.69) is 45.6 Å². The third-order valence-corrected chi connectivity index (χ3v) is 4.23. The molecule has 0 bridgehead atoms. The molecule has 4 heteroatoms. The van der Waals surface area contributed by atoms with Gasteiger partial charge in [0.15, 0.2) is 0 Å². The van der Waals surface area contributed by atoms with Crippen molar-refractivity contribution in [2.24, 2.45) is 0 Å². The molecule has 0 aliphatic carbocycles. The second-order valence-corrected chi connectivity index (χ2v) is 5.58. The van der Waals surface area contributed by atoms with E-state index in [1.165, 1.54) is 11.1 Å². The lowest BCUT2D eigenvalue weighted by molar-refractivity contribution is 1.13. The topological polar surface area (TPSA) is 38.0 Å². The van der Waals surface area contributed by atoms with Gasteiger partial charge in [0.25, 0.3) is 0 Å². The number of thiophene rings is 1. The molecule has 0 aliphatic heterocycles. The molecule has 0 fully saturated rings. The number of benzene rings is 1. The number of nitrogens with two attached hydrogens (primary N) is 1. The summed E-state index contributed by atoms with van der Waals surface area (Å²) in [4.78, 5) is 0. The highest BCUT2D eigenvalue weighted by molar-refractivity contribution is 14.1. The van der Waals surface area contributed by atoms with Gasteiger partial charge >= 0.3 is 0 Å². The van der Waals surface area contributed by atoms with Crippen LogP contribution in [0.4, 0.5) is 11.4 Å². The van der Waals surface area contributed by atoms with Gasteiger partial charge in [0.05, 0.1) is 0 Å². The molecule has 0 saturated carbocycles. The summed E-state index contributed by atoms with van der Waals surface area (Å²) < 4.78 is 1.16. The van der Waals surface area contributed by atoms with Crippen LogP contribution in [0.5, 0.6) is 0 Å². The average Bonchev–Trinajstić information content (AvgIpc) is 2.63. The predicted molar refractivity (Wildman–Crippen MR) is 80.0 cm³/mol. The van der Waals surface area contributed by atoms with Crippen LogP contribution in [0.3, 0.4) is 0 Å². The maximum atomic E-state index is 5.71. The largest absolute Gasteiger partial charge is 0.399 e. The molecule has 0 radical (unpaired) electrons. The summed E-state index contributed by atoms with van der Waals surface area (Å²) in [6, 6.07) is 5.92. The molecule has 2 rings (SSSR count). The summed E-state index contributed by atoms with van der Waals surface area (Å²) in [5, 5.41) is 7.79. The van der Waals surface area contributed by atoms with Gasteiger partial charge in [-0.25, -0.2) is 0 Å². The van der Waals surface area contributed by atoms with E-state index in [1.54, 1.807) is 11.3 Å². The van der Waals surface area contributed by atoms with Crippen LogP contribution < -0.4 is 11.1 Å². The molecule has 2 aromatic rings. The molecule has 0 atom stereocenters. The Morgan fingerprint density at radius 3 is 2.81 bits per heavy atom. The van der Waals surface area contributed by atoms with E-state index in [0.29, 0.717) is 0 Å². The molecule has 0 amide bonds. The van der Waals surface area contributed by atoms with E-state index in [4.69, 9.17) is 5.73 Å². The molecule has 1 heterocycles. The maximum Gasteiger partial charge on any atom is 0.0480 e. The van der Waals surface area contributed by atoms with Crippen LogP contribution in [0.2, 0.25) is 0 Å². The third kappa shape index (κ3) is 2.68. The van der Waals surface area contributed by atoms with E-state index in [1.807, 2.05) is 18.2 Å². The lowest BCUT2D eigenvalue weighted by Gasteiger charge is -2.09. The van der Waals surface area contributed by atoms with E-state index in [9.17, 15) is 0 Å². The zero-order valence-electron chi connectivity index (χ0n) is 8.96. The number of nitrogen functional groups attached to an aromatic ring is 1. The summed E-state index contributed by atoms with van der Waals surface area (Å²) in [6.45, 7) is 3.01. The zero-order valence-corrected chi connectivity index (χ0v) is 11.9. The molecule has 0 saturated heterocycles. The fourth-order valence-electron chi connectivity index (χ4n) is 1.43. The fourth-order valence-corrected chi connectivity index (χ4v) is 3.02. The lowest BCUT2D eigenvalue weighted by atomic mass is 10.2. The Kier molecular flexibility index (Phi) is 3.70. The van der Waals surface area contributed by atoms with Crippen LogP contribution >= 0.6 is 33.9 Å². The third-order valence-electron chi connectivity index (χ3n) is 2.42. The van der Waals surface area contributed by atoms with Crippen molar-refractivity contribution >= 4 is 45.3 Å². The van der Waals surface area contributed by atoms with Gasteiger partial charge < -0.3 is 11.1 Å². The van der Waals surface area contributed by atoms with Crippen molar-refractivity contribution in [2.75, 3.05) is 11.1 Å². The zero-order chi connectivity index (χ0) is 11.5. The van der Waals surface area contributed by atoms with Crippen molar-refractivity contribution in [3.8, 4) is 0 Å². The van der Waals surface area contributed by atoms with Crippen molar-refractivity contribution < 1.29 is 0 Å². The first-order valence-corrected chi connectivity index (χ1v) is 6.99. The summed E-state index contributed by atoms with van der Waals surface area (Å²) in [7, 11) is 0. The average molecular weight is 344 g/mol. The van der Waals surface area contributed by atoms with E-state index in [0.717, 1.165) is 21.5 Å². The van der Waals surface area contributed by atoms with Crippen molar-refractivity contribution in [2.45, 2.75) is 13.5 Å². The number of anilines is 2.